The van der Waals surface area contributed by atoms with Crippen LogP contribution in [-0.2, 0) is 17.6 Å². The van der Waals surface area contributed by atoms with Gasteiger partial charge in [0.2, 0.25) is 5.91 Å². The Balaban J connectivity index is 1.69. The van der Waals surface area contributed by atoms with Gasteiger partial charge in [-0.3, -0.25) is 4.79 Å². The number of nitrogens with one attached hydrogen (secondary N) is 2. The highest BCUT2D eigenvalue weighted by Gasteiger charge is 2.02. The van der Waals surface area contributed by atoms with Crippen molar-refractivity contribution in [3.05, 3.63) is 65.2 Å². The van der Waals surface area contributed by atoms with E-state index in [4.69, 9.17) is 0 Å². The van der Waals surface area contributed by atoms with Crippen LogP contribution in [0.25, 0.3) is 0 Å². The molecule has 2 N–H and O–H groups in total. The number of amides is 1. The largest absolute Gasteiger partial charge is 0.376 e. The molecule has 0 bridgehead atoms. The fourth-order valence-electron chi connectivity index (χ4n) is 2.55. The van der Waals surface area contributed by atoms with Crippen LogP contribution < -0.4 is 10.6 Å². The number of hydrogen-bond acceptors (Lipinski definition) is 2. The molecule has 3 nitrogen and oxygen atoms in total. The quantitative estimate of drug-likeness (QED) is 0.780. The highest BCUT2D eigenvalue weighted by Crippen LogP contribution is 2.10. The summed E-state index contributed by atoms with van der Waals surface area (Å²) in [7, 11) is 0. The van der Waals surface area contributed by atoms with Crippen LogP contribution in [0.1, 0.15) is 30.0 Å². The number of carbonyl (C=O) groups is 1. The number of aryl methyl sites for hydroxylation is 2. The monoisotopic (exact) mass is 310 g/mol. The lowest BCUT2D eigenvalue weighted by atomic mass is 10.1. The Morgan fingerprint density at radius 1 is 1.00 bits per heavy atom. The first-order valence-electron chi connectivity index (χ1n) is 8.33. The Kier molecular flexibility index (Phi) is 6.67. The van der Waals surface area contributed by atoms with Gasteiger partial charge < -0.3 is 10.6 Å². The van der Waals surface area contributed by atoms with Gasteiger partial charge in [-0.1, -0.05) is 49.7 Å². The first-order valence-corrected chi connectivity index (χ1v) is 8.33. The minimum atomic E-state index is 0.0243. The van der Waals surface area contributed by atoms with E-state index in [0.29, 0.717) is 13.1 Å². The normalized spacial score (nSPS) is 10.3. The molecule has 0 saturated carbocycles. The second-order valence-corrected chi connectivity index (χ2v) is 5.83. The summed E-state index contributed by atoms with van der Waals surface area (Å²) in [6.07, 6.45) is 3.11. The van der Waals surface area contributed by atoms with Gasteiger partial charge in [-0.05, 0) is 48.6 Å². The molecule has 0 unspecified atom stereocenters. The van der Waals surface area contributed by atoms with E-state index in [2.05, 4.69) is 48.7 Å². The summed E-state index contributed by atoms with van der Waals surface area (Å²) in [4.78, 5) is 11.9. The van der Waals surface area contributed by atoms with Gasteiger partial charge in [-0.25, -0.2) is 0 Å². The van der Waals surface area contributed by atoms with Crippen LogP contribution in [0.15, 0.2) is 48.5 Å². The van der Waals surface area contributed by atoms with Crippen LogP contribution in [0, 0.1) is 6.92 Å². The van der Waals surface area contributed by atoms with Gasteiger partial charge in [-0.15, -0.1) is 0 Å². The third-order valence-electron chi connectivity index (χ3n) is 3.92. The number of rotatable bonds is 8. The predicted octanol–water partition coefficient (Wildman–Crippen LogP) is 3.72. The van der Waals surface area contributed by atoms with E-state index in [1.54, 1.807) is 0 Å². The first-order chi connectivity index (χ1) is 11.2. The van der Waals surface area contributed by atoms with E-state index in [0.717, 1.165) is 24.9 Å². The van der Waals surface area contributed by atoms with E-state index in [1.165, 1.54) is 16.7 Å². The Morgan fingerprint density at radius 2 is 1.74 bits per heavy atom. The summed E-state index contributed by atoms with van der Waals surface area (Å²) in [6.45, 7) is 5.25. The summed E-state index contributed by atoms with van der Waals surface area (Å²) in [5, 5.41) is 6.12. The van der Waals surface area contributed by atoms with Gasteiger partial charge in [0.05, 0.1) is 6.54 Å². The topological polar surface area (TPSA) is 41.1 Å². The highest BCUT2D eigenvalue weighted by atomic mass is 16.1. The van der Waals surface area contributed by atoms with Crippen LogP contribution in [0.4, 0.5) is 5.69 Å². The minimum absolute atomic E-state index is 0.0243. The van der Waals surface area contributed by atoms with Crippen molar-refractivity contribution in [1.82, 2.24) is 5.32 Å². The average Bonchev–Trinajstić information content (AvgIpc) is 2.56. The molecule has 1 amide bonds. The van der Waals surface area contributed by atoms with Crippen molar-refractivity contribution < 1.29 is 4.79 Å². The van der Waals surface area contributed by atoms with E-state index < -0.39 is 0 Å². The maximum atomic E-state index is 11.9. The molecule has 0 aliphatic carbocycles. The fourth-order valence-corrected chi connectivity index (χ4v) is 2.55. The highest BCUT2D eigenvalue weighted by molar-refractivity contribution is 5.80. The van der Waals surface area contributed by atoms with Crippen molar-refractivity contribution in [3.63, 3.8) is 0 Å². The molecule has 2 aromatic rings. The zero-order chi connectivity index (χ0) is 16.5. The SMILES string of the molecule is CCCc1ccc(NCC(=O)NCCc2ccccc2C)cc1. The van der Waals surface area contributed by atoms with Crippen molar-refractivity contribution in [3.8, 4) is 0 Å². The molecule has 2 aromatic carbocycles. The molecule has 122 valence electrons. The minimum Gasteiger partial charge on any atom is -0.376 e. The van der Waals surface area contributed by atoms with Crippen LogP contribution in [0.5, 0.6) is 0 Å². The number of anilines is 1. The summed E-state index contributed by atoms with van der Waals surface area (Å²) in [6, 6.07) is 16.6. The average molecular weight is 310 g/mol. The number of hydrogen-bond donors (Lipinski definition) is 2. The van der Waals surface area contributed by atoms with Crippen molar-refractivity contribution in [2.45, 2.75) is 33.1 Å². The zero-order valence-electron chi connectivity index (χ0n) is 14.1. The predicted molar refractivity (Wildman–Crippen MR) is 96.8 cm³/mol. The van der Waals surface area contributed by atoms with E-state index in [1.807, 2.05) is 24.3 Å². The number of benzene rings is 2. The van der Waals surface area contributed by atoms with Gasteiger partial charge in [0.1, 0.15) is 0 Å². The van der Waals surface area contributed by atoms with Crippen LogP contribution in [0.2, 0.25) is 0 Å². The van der Waals surface area contributed by atoms with E-state index >= 15 is 0 Å². The molecular formula is C20H26N2O. The summed E-state index contributed by atoms with van der Waals surface area (Å²) in [5.41, 5.74) is 4.87. The second-order valence-electron chi connectivity index (χ2n) is 5.83. The Morgan fingerprint density at radius 3 is 2.43 bits per heavy atom. The molecule has 0 aromatic heterocycles. The maximum Gasteiger partial charge on any atom is 0.239 e. The molecule has 0 spiro atoms. The third-order valence-corrected chi connectivity index (χ3v) is 3.92. The molecule has 0 atom stereocenters. The molecule has 0 heterocycles. The number of carbonyl (C=O) groups excluding carboxylic acids is 1. The van der Waals surface area contributed by atoms with Gasteiger partial charge >= 0.3 is 0 Å². The molecule has 23 heavy (non-hydrogen) atoms. The molecule has 0 saturated heterocycles. The summed E-state index contributed by atoms with van der Waals surface area (Å²) >= 11 is 0. The molecule has 0 aliphatic heterocycles. The summed E-state index contributed by atoms with van der Waals surface area (Å²) < 4.78 is 0. The molecule has 0 fully saturated rings. The fraction of sp³-hybridized carbons (Fsp3) is 0.350. The molecule has 3 heteroatoms. The first kappa shape index (κ1) is 17.1. The molecule has 2 rings (SSSR count). The van der Waals surface area contributed by atoms with Crippen molar-refractivity contribution in [1.29, 1.82) is 0 Å². The van der Waals surface area contributed by atoms with Gasteiger partial charge in [-0.2, -0.15) is 0 Å². The third kappa shape index (κ3) is 5.78. The lowest BCUT2D eigenvalue weighted by Gasteiger charge is -2.09. The van der Waals surface area contributed by atoms with E-state index in [9.17, 15) is 4.79 Å². The molecule has 0 aliphatic rings. The van der Waals surface area contributed by atoms with Gasteiger partial charge in [0, 0.05) is 12.2 Å². The van der Waals surface area contributed by atoms with Crippen molar-refractivity contribution >= 4 is 11.6 Å². The molecular weight excluding hydrogens is 284 g/mol. The van der Waals surface area contributed by atoms with Crippen LogP contribution >= 0.6 is 0 Å². The Labute approximate surface area is 139 Å². The van der Waals surface area contributed by atoms with Crippen LogP contribution in [0.3, 0.4) is 0 Å². The Bertz CT molecular complexity index is 620. The lowest BCUT2D eigenvalue weighted by molar-refractivity contribution is -0.119. The summed E-state index contributed by atoms with van der Waals surface area (Å²) in [5.74, 6) is 0.0243. The van der Waals surface area contributed by atoms with E-state index in [-0.39, 0.29) is 5.91 Å². The smallest absolute Gasteiger partial charge is 0.239 e. The lowest BCUT2D eigenvalue weighted by Crippen LogP contribution is -2.31. The van der Waals surface area contributed by atoms with Crippen LogP contribution in [-0.4, -0.2) is 19.0 Å². The van der Waals surface area contributed by atoms with Gasteiger partial charge in [0.15, 0.2) is 0 Å². The standard InChI is InChI=1S/C20H26N2O/c1-3-6-17-9-11-19(12-10-17)22-15-20(23)21-14-13-18-8-5-4-7-16(18)2/h4-5,7-12,22H,3,6,13-15H2,1-2H3,(H,21,23). The second kappa shape index (κ2) is 8.99. The van der Waals surface area contributed by atoms with Crippen molar-refractivity contribution in [2.24, 2.45) is 0 Å². The van der Waals surface area contributed by atoms with Crippen molar-refractivity contribution in [2.75, 3.05) is 18.4 Å². The maximum absolute atomic E-state index is 11.9. The Hall–Kier alpha value is -2.29. The van der Waals surface area contributed by atoms with Gasteiger partial charge in [0.25, 0.3) is 0 Å². The zero-order valence-corrected chi connectivity index (χ0v) is 14.1. The molecule has 0 radical (unpaired) electrons.